The number of H-pyrrole nitrogens is 1. The number of methoxy groups -OCH3 is 2. The number of anilines is 1. The van der Waals surface area contributed by atoms with Gasteiger partial charge in [-0.2, -0.15) is 5.21 Å². The topological polar surface area (TPSA) is 120 Å². The minimum Gasteiger partial charge on any atom is -0.493 e. The van der Waals surface area contributed by atoms with Crippen molar-refractivity contribution in [3.05, 3.63) is 17.0 Å². The molecule has 1 saturated heterocycles. The van der Waals surface area contributed by atoms with Gasteiger partial charge in [-0.1, -0.05) is 12.0 Å². The number of hydrogen-bond acceptors (Lipinski definition) is 9. The Balaban J connectivity index is 1.74. The molecular formula is C18H21N5O5S. The number of thiophene rings is 1. The van der Waals surface area contributed by atoms with Crippen LogP contribution in [0.25, 0.3) is 10.1 Å². The Hall–Kier alpha value is -2.92. The van der Waals surface area contributed by atoms with Crippen molar-refractivity contribution in [2.45, 2.75) is 13.3 Å². The van der Waals surface area contributed by atoms with Crippen LogP contribution in [-0.4, -0.2) is 60.6 Å². The van der Waals surface area contributed by atoms with Gasteiger partial charge in [-0.15, -0.1) is 16.4 Å². The Labute approximate surface area is 170 Å². The zero-order valence-electron chi connectivity index (χ0n) is 16.3. The van der Waals surface area contributed by atoms with Gasteiger partial charge in [0.2, 0.25) is 0 Å². The van der Waals surface area contributed by atoms with Crippen molar-refractivity contribution in [2.75, 3.05) is 39.4 Å². The average molecular weight is 419 g/mol. The summed E-state index contributed by atoms with van der Waals surface area (Å²) in [5, 5.41) is 16.7. The summed E-state index contributed by atoms with van der Waals surface area (Å²) in [7, 11) is 3.14. The molecule has 3 heterocycles. The second-order valence-electron chi connectivity index (χ2n) is 6.79. The number of carbonyl (C=O) groups is 1. The summed E-state index contributed by atoms with van der Waals surface area (Å²) in [5.41, 5.74) is -0.0355. The predicted molar refractivity (Wildman–Crippen MR) is 106 cm³/mol. The molecule has 3 aromatic rings. The first-order valence-corrected chi connectivity index (χ1v) is 9.84. The van der Waals surface area contributed by atoms with Gasteiger partial charge in [0, 0.05) is 16.2 Å². The molecule has 1 fully saturated rings. The van der Waals surface area contributed by atoms with Crippen LogP contribution < -0.4 is 19.5 Å². The molecule has 29 heavy (non-hydrogen) atoms. The van der Waals surface area contributed by atoms with Gasteiger partial charge in [-0.25, -0.2) is 0 Å². The smallest absolute Gasteiger partial charge is 0.272 e. The Kier molecular flexibility index (Phi) is 5.24. The van der Waals surface area contributed by atoms with E-state index in [1.807, 2.05) is 12.1 Å². The second-order valence-corrected chi connectivity index (χ2v) is 7.84. The maximum atomic E-state index is 12.9. The van der Waals surface area contributed by atoms with Crippen molar-refractivity contribution in [3.63, 3.8) is 0 Å². The molecule has 4 rings (SSSR count). The highest BCUT2D eigenvalue weighted by atomic mass is 32.1. The van der Waals surface area contributed by atoms with Gasteiger partial charge in [0.15, 0.2) is 17.2 Å². The molecule has 1 aliphatic heterocycles. The molecule has 0 aliphatic carbocycles. The molecular weight excluding hydrogens is 398 g/mol. The Morgan fingerprint density at radius 2 is 2.07 bits per heavy atom. The third-order valence-corrected chi connectivity index (χ3v) is 6.15. The third kappa shape index (κ3) is 3.58. The van der Waals surface area contributed by atoms with Crippen LogP contribution >= 0.6 is 11.3 Å². The highest BCUT2D eigenvalue weighted by Gasteiger charge is 2.38. The van der Waals surface area contributed by atoms with E-state index in [1.165, 1.54) is 11.3 Å². The van der Waals surface area contributed by atoms with Gasteiger partial charge in [0.05, 0.1) is 39.5 Å². The standard InChI is InChI=1S/C18H21N5O5S/c1-4-18(7-27-8-18)9-28-14-10-5-11(25-2)12(26-3)6-13(10)29-15(14)16(24)19-17-20-22-23-21-17/h5-6H,4,7-9H2,1-3H3,(H2,19,20,21,22,23,24). The van der Waals surface area contributed by atoms with Gasteiger partial charge < -0.3 is 18.9 Å². The number of ether oxygens (including phenoxy) is 4. The fourth-order valence-electron chi connectivity index (χ4n) is 3.07. The lowest BCUT2D eigenvalue weighted by molar-refractivity contribution is -0.133. The average Bonchev–Trinajstić information content (AvgIpc) is 3.33. The van der Waals surface area contributed by atoms with Crippen molar-refractivity contribution in [1.29, 1.82) is 0 Å². The number of nitrogens with zero attached hydrogens (tertiary/aromatic N) is 3. The van der Waals surface area contributed by atoms with Crippen molar-refractivity contribution in [2.24, 2.45) is 5.41 Å². The summed E-state index contributed by atoms with van der Waals surface area (Å²) >= 11 is 1.30. The molecule has 1 aliphatic rings. The monoisotopic (exact) mass is 419 g/mol. The van der Waals surface area contributed by atoms with E-state index in [9.17, 15) is 4.79 Å². The molecule has 10 nitrogen and oxygen atoms in total. The molecule has 1 aromatic carbocycles. The number of benzene rings is 1. The number of amides is 1. The summed E-state index contributed by atoms with van der Waals surface area (Å²) < 4.78 is 23.2. The third-order valence-electron chi connectivity index (χ3n) is 5.01. The van der Waals surface area contributed by atoms with E-state index < -0.39 is 0 Å². The first kappa shape index (κ1) is 19.4. The van der Waals surface area contributed by atoms with Crippen molar-refractivity contribution >= 4 is 33.3 Å². The fraction of sp³-hybridized carbons (Fsp3) is 0.444. The van der Waals surface area contributed by atoms with Crippen LogP contribution in [0.4, 0.5) is 5.95 Å². The molecule has 2 N–H and O–H groups in total. The Morgan fingerprint density at radius 1 is 1.31 bits per heavy atom. The van der Waals surface area contributed by atoms with Crippen LogP contribution in [-0.2, 0) is 4.74 Å². The Morgan fingerprint density at radius 3 is 2.66 bits per heavy atom. The van der Waals surface area contributed by atoms with Gasteiger partial charge in [0.25, 0.3) is 11.9 Å². The Bertz CT molecular complexity index is 1010. The van der Waals surface area contributed by atoms with Crippen LogP contribution in [0, 0.1) is 5.41 Å². The number of tetrazole rings is 1. The maximum Gasteiger partial charge on any atom is 0.272 e. The molecule has 1 amide bonds. The summed E-state index contributed by atoms with van der Waals surface area (Å²) in [6.45, 7) is 3.85. The largest absolute Gasteiger partial charge is 0.493 e. The summed E-state index contributed by atoms with van der Waals surface area (Å²) in [4.78, 5) is 13.3. The van der Waals surface area contributed by atoms with E-state index in [2.05, 4.69) is 32.9 Å². The van der Waals surface area contributed by atoms with E-state index in [0.29, 0.717) is 41.9 Å². The maximum absolute atomic E-state index is 12.9. The lowest BCUT2D eigenvalue weighted by Gasteiger charge is -2.40. The molecule has 154 valence electrons. The van der Waals surface area contributed by atoms with Crippen LogP contribution in [0.3, 0.4) is 0 Å². The SMILES string of the molecule is CCC1(COc2c(C(=O)Nc3nn[nH]n3)sc3cc(OC)c(OC)cc23)COC1. The van der Waals surface area contributed by atoms with Gasteiger partial charge in [0.1, 0.15) is 4.88 Å². The number of carbonyl (C=O) groups excluding carboxylic acids is 1. The number of hydrogen-bond donors (Lipinski definition) is 2. The number of aromatic nitrogens is 4. The lowest BCUT2D eigenvalue weighted by atomic mass is 9.84. The normalized spacial score (nSPS) is 15.0. The quantitative estimate of drug-likeness (QED) is 0.571. The van der Waals surface area contributed by atoms with Crippen molar-refractivity contribution < 1.29 is 23.7 Å². The molecule has 0 radical (unpaired) electrons. The highest BCUT2D eigenvalue weighted by Crippen LogP contribution is 2.44. The zero-order valence-corrected chi connectivity index (χ0v) is 17.1. The van der Waals surface area contributed by atoms with Crippen molar-refractivity contribution in [1.82, 2.24) is 20.6 Å². The van der Waals surface area contributed by atoms with E-state index in [0.717, 1.165) is 16.5 Å². The number of nitrogens with one attached hydrogen (secondary N) is 2. The van der Waals surface area contributed by atoms with E-state index in [-0.39, 0.29) is 17.3 Å². The van der Waals surface area contributed by atoms with Crippen LogP contribution in [0.15, 0.2) is 12.1 Å². The molecule has 0 unspecified atom stereocenters. The van der Waals surface area contributed by atoms with E-state index in [1.54, 1.807) is 14.2 Å². The molecule has 2 aromatic heterocycles. The minimum absolute atomic E-state index is 0.0355. The van der Waals surface area contributed by atoms with E-state index >= 15 is 0 Å². The summed E-state index contributed by atoms with van der Waals surface area (Å²) in [6.07, 6.45) is 0.927. The predicted octanol–water partition coefficient (Wildman–Crippen LogP) is 2.49. The van der Waals surface area contributed by atoms with Crippen LogP contribution in [0.5, 0.6) is 17.2 Å². The van der Waals surface area contributed by atoms with Crippen LogP contribution in [0.1, 0.15) is 23.0 Å². The molecule has 0 atom stereocenters. The minimum atomic E-state index is -0.379. The van der Waals surface area contributed by atoms with Gasteiger partial charge >= 0.3 is 0 Å². The fourth-order valence-corrected chi connectivity index (χ4v) is 4.12. The van der Waals surface area contributed by atoms with Crippen LogP contribution in [0.2, 0.25) is 0 Å². The molecule has 0 bridgehead atoms. The molecule has 0 spiro atoms. The van der Waals surface area contributed by atoms with E-state index in [4.69, 9.17) is 18.9 Å². The zero-order chi connectivity index (χ0) is 20.4. The first-order chi connectivity index (χ1) is 14.1. The summed E-state index contributed by atoms with van der Waals surface area (Å²) in [5.74, 6) is 1.34. The first-order valence-electron chi connectivity index (χ1n) is 9.03. The van der Waals surface area contributed by atoms with Gasteiger partial charge in [-0.3, -0.25) is 10.1 Å². The number of rotatable bonds is 8. The number of fused-ring (bicyclic) bond motifs is 1. The summed E-state index contributed by atoms with van der Waals surface area (Å²) in [6, 6.07) is 3.65. The highest BCUT2D eigenvalue weighted by molar-refractivity contribution is 7.21. The number of aromatic amines is 1. The lowest BCUT2D eigenvalue weighted by Crippen LogP contribution is -2.46. The van der Waals surface area contributed by atoms with Gasteiger partial charge in [-0.05, 0) is 17.7 Å². The molecule has 0 saturated carbocycles. The second kappa shape index (κ2) is 7.84. The van der Waals surface area contributed by atoms with Crippen molar-refractivity contribution in [3.8, 4) is 17.2 Å². The molecule has 11 heteroatoms.